The van der Waals surface area contributed by atoms with Crippen LogP contribution in [-0.2, 0) is 4.79 Å². The van der Waals surface area contributed by atoms with Crippen molar-refractivity contribution in [2.75, 3.05) is 5.75 Å². The number of allylic oxidation sites excluding steroid dienone is 2. The number of carbonyl (C=O) groups is 1. The number of aliphatic carboxylic acids is 1. The van der Waals surface area contributed by atoms with Crippen LogP contribution in [0.3, 0.4) is 0 Å². The average Bonchev–Trinajstić information content (AvgIpc) is 2.66. The van der Waals surface area contributed by atoms with Gasteiger partial charge in [0.2, 0.25) is 0 Å². The minimum Gasteiger partial charge on any atom is -0.480 e. The van der Waals surface area contributed by atoms with Gasteiger partial charge in [-0.15, -0.1) is 11.8 Å². The van der Waals surface area contributed by atoms with E-state index in [4.69, 9.17) is 5.11 Å². The molecule has 4 unspecified atom stereocenters. The minimum absolute atomic E-state index is 0.320. The largest absolute Gasteiger partial charge is 0.480 e. The summed E-state index contributed by atoms with van der Waals surface area (Å²) in [5.74, 6) is 1.13. The number of thioether (sulfide) groups is 1. The Morgan fingerprint density at radius 3 is 2.94 bits per heavy atom. The highest BCUT2D eigenvalue weighted by Crippen LogP contribution is 2.37. The van der Waals surface area contributed by atoms with Gasteiger partial charge in [0.25, 0.3) is 0 Å². The Hall–Kier alpha value is -0.480. The van der Waals surface area contributed by atoms with E-state index in [0.717, 1.165) is 6.42 Å². The molecule has 0 spiro atoms. The standard InChI is InChI=1S/C12H19NO2S/c1-7-3-4-9(8(2)5-7)11-13-10(6-16-11)12(14)15/h5,8-11,13H,3-4,6H2,1-2H3,(H,14,15). The first-order chi connectivity index (χ1) is 7.58. The summed E-state index contributed by atoms with van der Waals surface area (Å²) in [5.41, 5.74) is 1.47. The van der Waals surface area contributed by atoms with E-state index in [2.05, 4.69) is 25.2 Å². The second-order valence-corrected chi connectivity index (χ2v) is 6.06. The molecule has 3 nitrogen and oxygen atoms in total. The van der Waals surface area contributed by atoms with E-state index in [1.54, 1.807) is 11.8 Å². The Morgan fingerprint density at radius 1 is 1.62 bits per heavy atom. The van der Waals surface area contributed by atoms with E-state index < -0.39 is 5.97 Å². The summed E-state index contributed by atoms with van der Waals surface area (Å²) < 4.78 is 0. The SMILES string of the molecule is CC1=CC(C)C(C2NC(C(=O)O)CS2)CC1. The summed E-state index contributed by atoms with van der Waals surface area (Å²) in [6.07, 6.45) is 4.68. The maximum atomic E-state index is 10.9. The van der Waals surface area contributed by atoms with Crippen LogP contribution in [-0.4, -0.2) is 28.2 Å². The van der Waals surface area contributed by atoms with Crippen LogP contribution in [0, 0.1) is 11.8 Å². The molecule has 0 aromatic rings. The molecule has 4 atom stereocenters. The van der Waals surface area contributed by atoms with Crippen molar-refractivity contribution in [3.05, 3.63) is 11.6 Å². The van der Waals surface area contributed by atoms with E-state index in [0.29, 0.717) is 23.0 Å². The topological polar surface area (TPSA) is 49.3 Å². The zero-order valence-electron chi connectivity index (χ0n) is 9.77. The number of nitrogens with one attached hydrogen (secondary N) is 1. The second kappa shape index (κ2) is 4.80. The third-order valence-corrected chi connectivity index (χ3v) is 4.96. The zero-order chi connectivity index (χ0) is 11.7. The maximum Gasteiger partial charge on any atom is 0.321 e. The molecule has 2 N–H and O–H groups in total. The molecule has 0 bridgehead atoms. The molecule has 1 heterocycles. The number of hydrogen-bond donors (Lipinski definition) is 2. The lowest BCUT2D eigenvalue weighted by atomic mass is 9.82. The second-order valence-electron chi connectivity index (χ2n) is 4.89. The van der Waals surface area contributed by atoms with Crippen molar-refractivity contribution < 1.29 is 9.90 Å². The van der Waals surface area contributed by atoms with Gasteiger partial charge in [-0.3, -0.25) is 10.1 Å². The minimum atomic E-state index is -0.717. The van der Waals surface area contributed by atoms with Crippen molar-refractivity contribution in [1.82, 2.24) is 5.32 Å². The molecule has 1 aliphatic heterocycles. The van der Waals surface area contributed by atoms with E-state index in [-0.39, 0.29) is 6.04 Å². The molecule has 0 aromatic heterocycles. The zero-order valence-corrected chi connectivity index (χ0v) is 10.6. The normalized spacial score (nSPS) is 39.5. The number of hydrogen-bond acceptors (Lipinski definition) is 3. The molecular formula is C12H19NO2S. The Balaban J connectivity index is 1.97. The summed E-state index contributed by atoms with van der Waals surface area (Å²) in [6.45, 7) is 4.42. The van der Waals surface area contributed by atoms with Crippen molar-refractivity contribution >= 4 is 17.7 Å². The van der Waals surface area contributed by atoms with Gasteiger partial charge in [-0.05, 0) is 31.6 Å². The van der Waals surface area contributed by atoms with Crippen molar-refractivity contribution in [2.45, 2.75) is 38.1 Å². The summed E-state index contributed by atoms with van der Waals surface area (Å²) in [4.78, 5) is 10.9. The molecule has 1 aliphatic carbocycles. The molecule has 1 saturated heterocycles. The Kier molecular flexibility index (Phi) is 3.60. The van der Waals surface area contributed by atoms with Crippen molar-refractivity contribution in [3.63, 3.8) is 0 Å². The van der Waals surface area contributed by atoms with Crippen LogP contribution in [0.4, 0.5) is 0 Å². The fourth-order valence-corrected chi connectivity index (χ4v) is 4.15. The Labute approximate surface area is 101 Å². The number of carboxylic acid groups (broad SMARTS) is 1. The molecule has 2 rings (SSSR count). The fraction of sp³-hybridized carbons (Fsp3) is 0.750. The lowest BCUT2D eigenvalue weighted by Gasteiger charge is -2.31. The maximum absolute atomic E-state index is 10.9. The average molecular weight is 241 g/mol. The predicted molar refractivity (Wildman–Crippen MR) is 66.5 cm³/mol. The van der Waals surface area contributed by atoms with Gasteiger partial charge in [-0.25, -0.2) is 0 Å². The van der Waals surface area contributed by atoms with Crippen LogP contribution in [0.1, 0.15) is 26.7 Å². The van der Waals surface area contributed by atoms with Gasteiger partial charge >= 0.3 is 5.97 Å². The van der Waals surface area contributed by atoms with Crippen LogP contribution >= 0.6 is 11.8 Å². The van der Waals surface area contributed by atoms with Crippen LogP contribution in [0.2, 0.25) is 0 Å². The fourth-order valence-electron chi connectivity index (χ4n) is 2.62. The Morgan fingerprint density at radius 2 is 2.38 bits per heavy atom. The summed E-state index contributed by atoms with van der Waals surface area (Å²) in [6, 6.07) is -0.353. The van der Waals surface area contributed by atoms with Gasteiger partial charge in [0, 0.05) is 5.75 Å². The molecule has 1 fully saturated rings. The molecular weight excluding hydrogens is 222 g/mol. The van der Waals surface area contributed by atoms with Crippen LogP contribution < -0.4 is 5.32 Å². The smallest absolute Gasteiger partial charge is 0.321 e. The summed E-state index contributed by atoms with van der Waals surface area (Å²) >= 11 is 1.77. The molecule has 0 saturated carbocycles. The molecule has 0 radical (unpaired) electrons. The molecule has 0 amide bonds. The summed E-state index contributed by atoms with van der Waals surface area (Å²) in [7, 11) is 0. The Bertz CT molecular complexity index is 316. The highest BCUT2D eigenvalue weighted by molar-refractivity contribution is 8.00. The monoisotopic (exact) mass is 241 g/mol. The third-order valence-electron chi connectivity index (χ3n) is 3.59. The van der Waals surface area contributed by atoms with Gasteiger partial charge < -0.3 is 5.11 Å². The van der Waals surface area contributed by atoms with Crippen molar-refractivity contribution in [3.8, 4) is 0 Å². The predicted octanol–water partition coefficient (Wildman–Crippen LogP) is 2.09. The lowest BCUT2D eigenvalue weighted by molar-refractivity contribution is -0.138. The van der Waals surface area contributed by atoms with E-state index in [1.807, 2.05) is 0 Å². The van der Waals surface area contributed by atoms with Crippen LogP contribution in [0.25, 0.3) is 0 Å². The number of carboxylic acids is 1. The molecule has 90 valence electrons. The van der Waals surface area contributed by atoms with Gasteiger partial charge in [0.05, 0.1) is 5.37 Å². The van der Waals surface area contributed by atoms with Gasteiger partial charge in [0.1, 0.15) is 6.04 Å². The molecule has 16 heavy (non-hydrogen) atoms. The van der Waals surface area contributed by atoms with E-state index in [9.17, 15) is 4.79 Å². The van der Waals surface area contributed by atoms with Crippen molar-refractivity contribution in [2.24, 2.45) is 11.8 Å². The van der Waals surface area contributed by atoms with Gasteiger partial charge in [-0.2, -0.15) is 0 Å². The highest BCUT2D eigenvalue weighted by atomic mass is 32.2. The first-order valence-electron chi connectivity index (χ1n) is 5.85. The van der Waals surface area contributed by atoms with Gasteiger partial charge in [-0.1, -0.05) is 18.6 Å². The van der Waals surface area contributed by atoms with Crippen molar-refractivity contribution in [1.29, 1.82) is 0 Å². The first-order valence-corrected chi connectivity index (χ1v) is 6.90. The van der Waals surface area contributed by atoms with E-state index in [1.165, 1.54) is 12.0 Å². The van der Waals surface area contributed by atoms with Crippen LogP contribution in [0.5, 0.6) is 0 Å². The number of rotatable bonds is 2. The molecule has 0 aromatic carbocycles. The highest BCUT2D eigenvalue weighted by Gasteiger charge is 2.36. The van der Waals surface area contributed by atoms with Crippen LogP contribution in [0.15, 0.2) is 11.6 Å². The summed E-state index contributed by atoms with van der Waals surface area (Å²) in [5, 5.41) is 12.5. The molecule has 2 aliphatic rings. The first kappa shape index (κ1) is 12.0. The molecule has 4 heteroatoms. The third kappa shape index (κ3) is 2.43. The quantitative estimate of drug-likeness (QED) is 0.727. The lowest BCUT2D eigenvalue weighted by Crippen LogP contribution is -2.41. The van der Waals surface area contributed by atoms with E-state index >= 15 is 0 Å². The van der Waals surface area contributed by atoms with Gasteiger partial charge in [0.15, 0.2) is 0 Å².